The smallest absolute Gasteiger partial charge is 0.341 e. The fourth-order valence-corrected chi connectivity index (χ4v) is 5.28. The van der Waals surface area contributed by atoms with E-state index in [0.717, 1.165) is 29.7 Å². The Kier molecular flexibility index (Phi) is 4.93. The summed E-state index contributed by atoms with van der Waals surface area (Å²) in [4.78, 5) is 36.9. The number of nitrogens with one attached hydrogen (secondary N) is 1. The molecule has 2 aliphatic rings. The zero-order valence-corrected chi connectivity index (χ0v) is 16.3. The third kappa shape index (κ3) is 3.42. The molecule has 2 aliphatic carbocycles. The van der Waals surface area contributed by atoms with Crippen LogP contribution < -0.4 is 5.32 Å². The molecule has 3 unspecified atom stereocenters. The third-order valence-corrected chi connectivity index (χ3v) is 6.78. The number of thiophene rings is 1. The van der Waals surface area contributed by atoms with E-state index in [4.69, 9.17) is 9.84 Å². The van der Waals surface area contributed by atoms with E-state index in [1.807, 2.05) is 18.2 Å². The van der Waals surface area contributed by atoms with E-state index in [2.05, 4.69) is 17.4 Å². The Labute approximate surface area is 166 Å². The zero-order chi connectivity index (χ0) is 19.8. The third-order valence-electron chi connectivity index (χ3n) is 5.61. The summed E-state index contributed by atoms with van der Waals surface area (Å²) in [5, 5.41) is 12.3. The van der Waals surface area contributed by atoms with Gasteiger partial charge in [0.05, 0.1) is 24.5 Å². The number of carbonyl (C=O) groups is 3. The number of anilines is 1. The van der Waals surface area contributed by atoms with Gasteiger partial charge in [0.25, 0.3) is 0 Å². The van der Waals surface area contributed by atoms with Crippen LogP contribution in [0.1, 0.15) is 45.1 Å². The van der Waals surface area contributed by atoms with Crippen LogP contribution in [0.2, 0.25) is 0 Å². The predicted octanol–water partition coefficient (Wildman–Crippen LogP) is 3.47. The van der Waals surface area contributed by atoms with Crippen LogP contribution in [0.4, 0.5) is 5.00 Å². The van der Waals surface area contributed by atoms with Crippen molar-refractivity contribution in [2.24, 2.45) is 11.8 Å². The highest BCUT2D eigenvalue weighted by Crippen LogP contribution is 2.44. The minimum absolute atomic E-state index is 0.337. The first-order chi connectivity index (χ1) is 13.5. The molecule has 0 aliphatic heterocycles. The lowest BCUT2D eigenvalue weighted by Gasteiger charge is -2.22. The number of hydrogen-bond acceptors (Lipinski definition) is 5. The molecule has 1 amide bonds. The van der Waals surface area contributed by atoms with Crippen LogP contribution in [-0.2, 0) is 27.2 Å². The second kappa shape index (κ2) is 7.39. The van der Waals surface area contributed by atoms with Gasteiger partial charge in [-0.2, -0.15) is 0 Å². The maximum Gasteiger partial charge on any atom is 0.341 e. The van der Waals surface area contributed by atoms with E-state index < -0.39 is 23.8 Å². The van der Waals surface area contributed by atoms with Gasteiger partial charge in [0.15, 0.2) is 0 Å². The summed E-state index contributed by atoms with van der Waals surface area (Å²) >= 11 is 1.41. The molecule has 7 heteroatoms. The normalized spacial score (nSPS) is 22.8. The number of benzene rings is 1. The predicted molar refractivity (Wildman–Crippen MR) is 105 cm³/mol. The summed E-state index contributed by atoms with van der Waals surface area (Å²) in [5.41, 5.74) is 2.65. The molecule has 28 heavy (non-hydrogen) atoms. The van der Waals surface area contributed by atoms with Crippen LogP contribution in [0, 0.1) is 11.8 Å². The molecule has 146 valence electrons. The monoisotopic (exact) mass is 399 g/mol. The highest BCUT2D eigenvalue weighted by molar-refractivity contribution is 7.17. The Balaban J connectivity index is 1.59. The number of amides is 1. The number of carbonyl (C=O) groups excluding carboxylic acids is 2. The molecule has 0 saturated heterocycles. The topological polar surface area (TPSA) is 92.7 Å². The maximum absolute atomic E-state index is 12.4. The quantitative estimate of drug-likeness (QED) is 0.751. The molecule has 2 N–H and O–H groups in total. The standard InChI is InChI=1S/C21H21NO5S/c1-27-21(26)17-13-8-7-12(11-5-3-2-4-6-11)9-16(13)28-19(17)22-18(23)14-10-15(14)20(24)25/h2-6,12,14-15H,7-10H2,1H3,(H,22,23)(H,24,25). The van der Waals surface area contributed by atoms with Crippen LogP contribution in [0.3, 0.4) is 0 Å². The highest BCUT2D eigenvalue weighted by atomic mass is 32.1. The Hall–Kier alpha value is -2.67. The van der Waals surface area contributed by atoms with Crippen molar-refractivity contribution in [2.45, 2.75) is 31.6 Å². The summed E-state index contributed by atoms with van der Waals surface area (Å²) in [6, 6.07) is 10.3. The van der Waals surface area contributed by atoms with E-state index in [9.17, 15) is 14.4 Å². The fraction of sp³-hybridized carbons (Fsp3) is 0.381. The second-order valence-electron chi connectivity index (χ2n) is 7.33. The minimum Gasteiger partial charge on any atom is -0.481 e. The van der Waals surface area contributed by atoms with E-state index in [1.54, 1.807) is 0 Å². The number of carboxylic acids is 1. The summed E-state index contributed by atoms with van der Waals surface area (Å²) in [6.45, 7) is 0. The first-order valence-electron chi connectivity index (χ1n) is 9.31. The van der Waals surface area contributed by atoms with Crippen LogP contribution in [0.5, 0.6) is 0 Å². The molecule has 0 spiro atoms. The average molecular weight is 399 g/mol. The Morgan fingerprint density at radius 2 is 1.93 bits per heavy atom. The van der Waals surface area contributed by atoms with Crippen molar-refractivity contribution < 1.29 is 24.2 Å². The molecule has 1 aromatic carbocycles. The number of methoxy groups -OCH3 is 1. The van der Waals surface area contributed by atoms with Gasteiger partial charge < -0.3 is 15.2 Å². The summed E-state index contributed by atoms with van der Waals surface area (Å²) in [6.07, 6.45) is 2.82. The molecule has 3 atom stereocenters. The number of aliphatic carboxylic acids is 1. The van der Waals surface area contributed by atoms with Crippen LogP contribution in [-0.4, -0.2) is 30.1 Å². The molecule has 1 aromatic heterocycles. The van der Waals surface area contributed by atoms with Crippen molar-refractivity contribution in [2.75, 3.05) is 12.4 Å². The zero-order valence-electron chi connectivity index (χ0n) is 15.4. The van der Waals surface area contributed by atoms with Gasteiger partial charge in [0, 0.05) is 4.88 Å². The molecular formula is C21H21NO5S. The molecule has 0 bridgehead atoms. The van der Waals surface area contributed by atoms with Crippen molar-refractivity contribution in [3.63, 3.8) is 0 Å². The number of esters is 1. The van der Waals surface area contributed by atoms with E-state index >= 15 is 0 Å². The lowest BCUT2D eigenvalue weighted by atomic mass is 9.83. The average Bonchev–Trinajstić information content (AvgIpc) is 3.44. The van der Waals surface area contributed by atoms with Gasteiger partial charge >= 0.3 is 11.9 Å². The van der Waals surface area contributed by atoms with Gasteiger partial charge in [-0.15, -0.1) is 11.3 Å². The largest absolute Gasteiger partial charge is 0.481 e. The van der Waals surface area contributed by atoms with Gasteiger partial charge in [0.2, 0.25) is 5.91 Å². The summed E-state index contributed by atoms with van der Waals surface area (Å²) in [7, 11) is 1.33. The highest BCUT2D eigenvalue weighted by Gasteiger charge is 2.48. The molecular weight excluding hydrogens is 378 g/mol. The first kappa shape index (κ1) is 18.7. The number of carboxylic acid groups (broad SMARTS) is 1. The van der Waals surface area contributed by atoms with Crippen molar-refractivity contribution in [1.29, 1.82) is 0 Å². The lowest BCUT2D eigenvalue weighted by Crippen LogP contribution is -2.18. The SMILES string of the molecule is COC(=O)c1c(NC(=O)C2CC2C(=O)O)sc2c1CCC(c1ccccc1)C2. The van der Waals surface area contributed by atoms with E-state index in [-0.39, 0.29) is 5.91 Å². The van der Waals surface area contributed by atoms with Crippen molar-refractivity contribution in [1.82, 2.24) is 0 Å². The molecule has 2 aromatic rings. The molecule has 1 fully saturated rings. The molecule has 0 radical (unpaired) electrons. The van der Waals surface area contributed by atoms with Gasteiger partial charge in [-0.3, -0.25) is 9.59 Å². The van der Waals surface area contributed by atoms with Gasteiger partial charge in [-0.1, -0.05) is 30.3 Å². The Morgan fingerprint density at radius 1 is 1.18 bits per heavy atom. The molecule has 1 saturated carbocycles. The number of ether oxygens (including phenoxy) is 1. The van der Waals surface area contributed by atoms with E-state index in [1.165, 1.54) is 24.0 Å². The van der Waals surface area contributed by atoms with Gasteiger partial charge in [-0.25, -0.2) is 4.79 Å². The van der Waals surface area contributed by atoms with Crippen molar-refractivity contribution >= 4 is 34.2 Å². The first-order valence-corrected chi connectivity index (χ1v) is 10.1. The number of fused-ring (bicyclic) bond motifs is 1. The van der Waals surface area contributed by atoms with Crippen LogP contribution >= 0.6 is 11.3 Å². The Morgan fingerprint density at radius 3 is 2.57 bits per heavy atom. The molecule has 6 nitrogen and oxygen atoms in total. The van der Waals surface area contributed by atoms with Crippen LogP contribution in [0.15, 0.2) is 30.3 Å². The Bertz CT molecular complexity index is 936. The fourth-order valence-electron chi connectivity index (χ4n) is 3.96. The summed E-state index contributed by atoms with van der Waals surface area (Å²) < 4.78 is 4.95. The number of rotatable bonds is 5. The number of hydrogen-bond donors (Lipinski definition) is 2. The van der Waals surface area contributed by atoms with Gasteiger partial charge in [0.1, 0.15) is 5.00 Å². The van der Waals surface area contributed by atoms with Crippen molar-refractivity contribution in [3.8, 4) is 0 Å². The van der Waals surface area contributed by atoms with E-state index in [0.29, 0.717) is 22.9 Å². The van der Waals surface area contributed by atoms with Crippen LogP contribution in [0.25, 0.3) is 0 Å². The lowest BCUT2D eigenvalue weighted by molar-refractivity contribution is -0.139. The maximum atomic E-state index is 12.4. The minimum atomic E-state index is -0.954. The van der Waals surface area contributed by atoms with Gasteiger partial charge in [-0.05, 0) is 42.7 Å². The second-order valence-corrected chi connectivity index (χ2v) is 8.43. The molecule has 4 rings (SSSR count). The van der Waals surface area contributed by atoms with Crippen molar-refractivity contribution in [3.05, 3.63) is 51.9 Å². The summed E-state index contributed by atoms with van der Waals surface area (Å²) in [5.74, 6) is -2.53. The molecule has 1 heterocycles.